The van der Waals surface area contributed by atoms with E-state index in [9.17, 15) is 9.90 Å². The Hall–Kier alpha value is -3.91. The Bertz CT molecular complexity index is 1190. The van der Waals surface area contributed by atoms with Crippen LogP contribution in [0.2, 0.25) is 0 Å². The van der Waals surface area contributed by atoms with Crippen molar-refractivity contribution in [3.63, 3.8) is 0 Å². The number of benzene rings is 2. The molecule has 5 rings (SSSR count). The van der Waals surface area contributed by atoms with Crippen molar-refractivity contribution in [1.29, 1.82) is 0 Å². The first-order chi connectivity index (χ1) is 15.6. The molecule has 1 aliphatic heterocycles. The summed E-state index contributed by atoms with van der Waals surface area (Å²) < 4.78 is 5.77. The molecular formula is C24H23N5O3. The second-order valence-electron chi connectivity index (χ2n) is 8.01. The SMILES string of the molecule is NNC1=Nc2cc(-c3ccccc3)c(-c3ccc(C4(NC(=O)O)CCC4)cc3)nc2OC1. The van der Waals surface area contributed by atoms with Gasteiger partial charge < -0.3 is 20.6 Å². The monoisotopic (exact) mass is 429 g/mol. The van der Waals surface area contributed by atoms with Gasteiger partial charge in [0, 0.05) is 11.1 Å². The van der Waals surface area contributed by atoms with E-state index in [1.54, 1.807) is 0 Å². The largest absolute Gasteiger partial charge is 0.468 e. The van der Waals surface area contributed by atoms with Crippen molar-refractivity contribution in [2.24, 2.45) is 10.8 Å². The fourth-order valence-corrected chi connectivity index (χ4v) is 4.29. The Morgan fingerprint density at radius 1 is 1.06 bits per heavy atom. The fourth-order valence-electron chi connectivity index (χ4n) is 4.29. The number of nitrogens with one attached hydrogen (secondary N) is 2. The van der Waals surface area contributed by atoms with Crippen LogP contribution in [0.3, 0.4) is 0 Å². The normalized spacial score (nSPS) is 16.1. The predicted molar refractivity (Wildman–Crippen MR) is 122 cm³/mol. The minimum absolute atomic E-state index is 0.225. The zero-order valence-corrected chi connectivity index (χ0v) is 17.3. The molecule has 0 saturated heterocycles. The lowest BCUT2D eigenvalue weighted by molar-refractivity contribution is 0.144. The molecule has 1 fully saturated rings. The number of carbonyl (C=O) groups is 1. The molecule has 0 atom stereocenters. The maximum Gasteiger partial charge on any atom is 0.405 e. The van der Waals surface area contributed by atoms with Crippen molar-refractivity contribution < 1.29 is 14.6 Å². The lowest BCUT2D eigenvalue weighted by Gasteiger charge is -2.42. The molecule has 1 aliphatic carbocycles. The second kappa shape index (κ2) is 7.97. The van der Waals surface area contributed by atoms with E-state index in [2.05, 4.69) is 15.7 Å². The number of pyridine rings is 1. The molecule has 3 aromatic rings. The van der Waals surface area contributed by atoms with Gasteiger partial charge in [0.2, 0.25) is 5.88 Å². The number of aromatic nitrogens is 1. The number of hydrogen-bond acceptors (Lipinski definition) is 6. The van der Waals surface area contributed by atoms with E-state index in [0.717, 1.165) is 47.2 Å². The second-order valence-corrected chi connectivity index (χ2v) is 8.01. The number of hydrogen-bond donors (Lipinski definition) is 4. The third-order valence-electron chi connectivity index (χ3n) is 6.09. The molecule has 0 spiro atoms. The van der Waals surface area contributed by atoms with Gasteiger partial charge in [-0.2, -0.15) is 0 Å². The summed E-state index contributed by atoms with van der Waals surface area (Å²) in [4.78, 5) is 20.6. The molecule has 1 aromatic heterocycles. The van der Waals surface area contributed by atoms with E-state index in [-0.39, 0.29) is 6.61 Å². The average molecular weight is 429 g/mol. The summed E-state index contributed by atoms with van der Waals surface area (Å²) in [6, 6.07) is 19.9. The molecule has 0 bridgehead atoms. The zero-order valence-electron chi connectivity index (χ0n) is 17.3. The number of amidine groups is 1. The highest BCUT2D eigenvalue weighted by atomic mass is 16.5. The summed E-state index contributed by atoms with van der Waals surface area (Å²) in [7, 11) is 0. The summed E-state index contributed by atoms with van der Waals surface area (Å²) in [5.41, 5.74) is 7.24. The van der Waals surface area contributed by atoms with Crippen molar-refractivity contribution in [1.82, 2.24) is 15.7 Å². The highest BCUT2D eigenvalue weighted by Crippen LogP contribution is 2.43. The molecule has 1 amide bonds. The number of nitrogens with zero attached hydrogens (tertiary/aromatic N) is 2. The minimum atomic E-state index is -1.000. The smallest absolute Gasteiger partial charge is 0.405 e. The number of rotatable bonds is 4. The van der Waals surface area contributed by atoms with Crippen LogP contribution in [-0.4, -0.2) is 28.6 Å². The average Bonchev–Trinajstić information content (AvgIpc) is 2.81. The van der Waals surface area contributed by atoms with E-state index in [1.807, 2.05) is 60.7 Å². The summed E-state index contributed by atoms with van der Waals surface area (Å²) >= 11 is 0. The van der Waals surface area contributed by atoms with Crippen LogP contribution in [0.15, 0.2) is 65.7 Å². The fraction of sp³-hybridized carbons (Fsp3) is 0.208. The van der Waals surface area contributed by atoms with Gasteiger partial charge in [0.05, 0.1) is 11.2 Å². The van der Waals surface area contributed by atoms with Crippen LogP contribution in [0.5, 0.6) is 5.88 Å². The number of ether oxygens (including phenoxy) is 1. The Morgan fingerprint density at radius 2 is 1.81 bits per heavy atom. The van der Waals surface area contributed by atoms with Gasteiger partial charge in [0.1, 0.15) is 12.3 Å². The molecule has 0 unspecified atom stereocenters. The van der Waals surface area contributed by atoms with Gasteiger partial charge in [-0.25, -0.2) is 20.6 Å². The molecule has 2 heterocycles. The van der Waals surface area contributed by atoms with Crippen molar-refractivity contribution in [2.75, 3.05) is 6.61 Å². The first-order valence-corrected chi connectivity index (χ1v) is 10.5. The molecular weight excluding hydrogens is 406 g/mol. The molecule has 0 radical (unpaired) electrons. The first kappa shape index (κ1) is 20.0. The number of nitrogens with two attached hydrogens (primary N) is 1. The summed E-state index contributed by atoms with van der Waals surface area (Å²) in [6.07, 6.45) is 1.60. The number of fused-ring (bicyclic) bond motifs is 1. The predicted octanol–water partition coefficient (Wildman–Crippen LogP) is 3.95. The van der Waals surface area contributed by atoms with Gasteiger partial charge in [-0.3, -0.25) is 0 Å². The van der Waals surface area contributed by atoms with Gasteiger partial charge in [0.15, 0.2) is 5.84 Å². The molecule has 5 N–H and O–H groups in total. The van der Waals surface area contributed by atoms with Gasteiger partial charge in [-0.1, -0.05) is 54.6 Å². The van der Waals surface area contributed by atoms with E-state index in [0.29, 0.717) is 17.4 Å². The van der Waals surface area contributed by atoms with Gasteiger partial charge in [-0.05, 0) is 36.5 Å². The van der Waals surface area contributed by atoms with E-state index in [4.69, 9.17) is 15.6 Å². The van der Waals surface area contributed by atoms with Crippen LogP contribution in [0.4, 0.5) is 10.5 Å². The van der Waals surface area contributed by atoms with Crippen LogP contribution >= 0.6 is 0 Å². The van der Waals surface area contributed by atoms with Crippen LogP contribution in [0.1, 0.15) is 24.8 Å². The molecule has 2 aromatic carbocycles. The number of amides is 1. The van der Waals surface area contributed by atoms with Crippen LogP contribution in [0, 0.1) is 0 Å². The van der Waals surface area contributed by atoms with E-state index < -0.39 is 11.6 Å². The van der Waals surface area contributed by atoms with Gasteiger partial charge in [0.25, 0.3) is 0 Å². The molecule has 2 aliphatic rings. The molecule has 1 saturated carbocycles. The first-order valence-electron chi connectivity index (χ1n) is 10.5. The van der Waals surface area contributed by atoms with Crippen LogP contribution < -0.4 is 21.3 Å². The molecule has 8 heteroatoms. The summed E-state index contributed by atoms with van der Waals surface area (Å²) in [5.74, 6) is 6.49. The lowest BCUT2D eigenvalue weighted by atomic mass is 9.71. The standard InChI is InChI=1S/C24H23N5O3/c25-29-20-14-32-22-19(26-20)13-18(15-5-2-1-3-6-15)21(27-22)16-7-9-17(10-8-16)24(11-4-12-24)28-23(30)31/h1-3,5-10,13,28H,4,11-12,14,25H2,(H,26,29)(H,30,31). The molecule has 32 heavy (non-hydrogen) atoms. The third kappa shape index (κ3) is 3.54. The van der Waals surface area contributed by atoms with Crippen molar-refractivity contribution in [3.8, 4) is 28.3 Å². The van der Waals surface area contributed by atoms with E-state index in [1.165, 1.54) is 0 Å². The highest BCUT2D eigenvalue weighted by Gasteiger charge is 2.40. The Morgan fingerprint density at radius 3 is 2.44 bits per heavy atom. The van der Waals surface area contributed by atoms with Crippen molar-refractivity contribution in [3.05, 3.63) is 66.2 Å². The zero-order chi connectivity index (χ0) is 22.1. The number of carboxylic acid groups (broad SMARTS) is 1. The lowest BCUT2D eigenvalue weighted by Crippen LogP contribution is -2.50. The minimum Gasteiger partial charge on any atom is -0.468 e. The van der Waals surface area contributed by atoms with Crippen LogP contribution in [0.25, 0.3) is 22.4 Å². The van der Waals surface area contributed by atoms with E-state index >= 15 is 0 Å². The quantitative estimate of drug-likeness (QED) is 0.368. The summed E-state index contributed by atoms with van der Waals surface area (Å²) in [6.45, 7) is 0.225. The maximum absolute atomic E-state index is 11.3. The maximum atomic E-state index is 11.3. The number of aliphatic imine (C=N–C) groups is 1. The highest BCUT2D eigenvalue weighted by molar-refractivity contribution is 5.90. The van der Waals surface area contributed by atoms with Crippen molar-refractivity contribution in [2.45, 2.75) is 24.8 Å². The van der Waals surface area contributed by atoms with Crippen LogP contribution in [-0.2, 0) is 5.54 Å². The third-order valence-corrected chi connectivity index (χ3v) is 6.09. The van der Waals surface area contributed by atoms with Crippen molar-refractivity contribution >= 4 is 17.6 Å². The Balaban J connectivity index is 1.59. The Kier molecular flexibility index (Phi) is 4.99. The number of hydrazine groups is 1. The van der Waals surface area contributed by atoms with Gasteiger partial charge >= 0.3 is 6.09 Å². The topological polar surface area (TPSA) is 122 Å². The molecule has 162 valence electrons. The summed E-state index contributed by atoms with van der Waals surface area (Å²) in [5, 5.41) is 12.0. The van der Waals surface area contributed by atoms with Gasteiger partial charge in [-0.15, -0.1) is 0 Å². The Labute approximate surface area is 185 Å². The molecule has 8 nitrogen and oxygen atoms in total.